The predicted octanol–water partition coefficient (Wildman–Crippen LogP) is 7.15. The Morgan fingerprint density at radius 1 is 0.900 bits per heavy atom. The summed E-state index contributed by atoms with van der Waals surface area (Å²) in [5, 5.41) is 2.98. The van der Waals surface area contributed by atoms with Gasteiger partial charge in [-0.3, -0.25) is 4.79 Å². The highest BCUT2D eigenvalue weighted by molar-refractivity contribution is 6.04. The fourth-order valence-corrected chi connectivity index (χ4v) is 3.25. The minimum atomic E-state index is -0.116. The van der Waals surface area contributed by atoms with Crippen LogP contribution >= 0.6 is 0 Å². The van der Waals surface area contributed by atoms with Gasteiger partial charge in [-0.05, 0) is 71.3 Å². The van der Waals surface area contributed by atoms with Crippen LogP contribution in [0.2, 0.25) is 0 Å². The quantitative estimate of drug-likeness (QED) is 0.435. The number of rotatable bonds is 8. The first-order valence-corrected chi connectivity index (χ1v) is 10.7. The predicted molar refractivity (Wildman–Crippen MR) is 124 cm³/mol. The average Bonchev–Trinajstić information content (AvgIpc) is 2.78. The molecule has 0 spiro atoms. The third-order valence-electron chi connectivity index (χ3n) is 5.49. The maximum absolute atomic E-state index is 12.7. The molecule has 1 N–H and O–H groups in total. The highest BCUT2D eigenvalue weighted by Crippen LogP contribution is 2.22. The van der Waals surface area contributed by atoms with E-state index in [1.807, 2.05) is 48.5 Å². The standard InChI is InChI=1S/C27H31NO2/c1-5-20(4)23-9-13-25(14-10-23)28-27(29)24-8-6-7-21(17-24)18-30-26-15-11-22(12-16-26)19(2)3/h6-17,19-20H,5,18H2,1-4H3,(H,28,29). The van der Waals surface area contributed by atoms with Crippen LogP contribution in [0.3, 0.4) is 0 Å². The first kappa shape index (κ1) is 21.6. The molecule has 0 saturated carbocycles. The van der Waals surface area contributed by atoms with Gasteiger partial charge >= 0.3 is 0 Å². The molecule has 0 aromatic heterocycles. The molecular formula is C27H31NO2. The van der Waals surface area contributed by atoms with Crippen LogP contribution in [0.25, 0.3) is 0 Å². The van der Waals surface area contributed by atoms with Crippen molar-refractivity contribution in [3.05, 3.63) is 95.1 Å². The van der Waals surface area contributed by atoms with Crippen molar-refractivity contribution in [3.8, 4) is 5.75 Å². The van der Waals surface area contributed by atoms with Crippen LogP contribution < -0.4 is 10.1 Å². The summed E-state index contributed by atoms with van der Waals surface area (Å²) in [6.07, 6.45) is 1.10. The van der Waals surface area contributed by atoms with E-state index in [2.05, 4.69) is 57.3 Å². The molecule has 0 aliphatic rings. The SMILES string of the molecule is CCC(C)c1ccc(NC(=O)c2cccc(COc3ccc(C(C)C)cc3)c2)cc1. The largest absolute Gasteiger partial charge is 0.489 e. The van der Waals surface area contributed by atoms with Crippen LogP contribution in [0.1, 0.15) is 73.0 Å². The number of ether oxygens (including phenoxy) is 1. The van der Waals surface area contributed by atoms with E-state index < -0.39 is 0 Å². The lowest BCUT2D eigenvalue weighted by Crippen LogP contribution is -2.12. The summed E-state index contributed by atoms with van der Waals surface area (Å²) in [5.74, 6) is 1.73. The fourth-order valence-electron chi connectivity index (χ4n) is 3.25. The van der Waals surface area contributed by atoms with Crippen LogP contribution in [0, 0.1) is 0 Å². The lowest BCUT2D eigenvalue weighted by molar-refractivity contribution is 0.102. The van der Waals surface area contributed by atoms with Crippen molar-refractivity contribution in [1.82, 2.24) is 0 Å². The molecule has 0 fully saturated rings. The summed E-state index contributed by atoms with van der Waals surface area (Å²) in [7, 11) is 0. The van der Waals surface area contributed by atoms with Crippen LogP contribution in [-0.4, -0.2) is 5.91 Å². The van der Waals surface area contributed by atoms with E-state index in [1.54, 1.807) is 0 Å². The summed E-state index contributed by atoms with van der Waals surface area (Å²) < 4.78 is 5.89. The Morgan fingerprint density at radius 3 is 2.20 bits per heavy atom. The molecule has 3 rings (SSSR count). The second kappa shape index (κ2) is 10.1. The van der Waals surface area contributed by atoms with E-state index in [9.17, 15) is 4.79 Å². The number of amides is 1. The first-order chi connectivity index (χ1) is 14.5. The molecule has 0 aliphatic carbocycles. The number of hydrogen-bond donors (Lipinski definition) is 1. The normalized spacial score (nSPS) is 11.9. The monoisotopic (exact) mass is 401 g/mol. The fraction of sp³-hybridized carbons (Fsp3) is 0.296. The number of anilines is 1. The van der Waals surface area contributed by atoms with Gasteiger partial charge in [0.05, 0.1) is 0 Å². The summed E-state index contributed by atoms with van der Waals surface area (Å²) in [6, 6.07) is 23.8. The highest BCUT2D eigenvalue weighted by atomic mass is 16.5. The molecule has 1 amide bonds. The lowest BCUT2D eigenvalue weighted by atomic mass is 9.98. The second-order valence-electron chi connectivity index (χ2n) is 8.10. The molecule has 0 heterocycles. The molecule has 1 atom stereocenters. The van der Waals surface area contributed by atoms with Gasteiger partial charge in [0.1, 0.15) is 12.4 Å². The molecule has 3 nitrogen and oxygen atoms in total. The summed E-state index contributed by atoms with van der Waals surface area (Å²) in [4.78, 5) is 12.7. The van der Waals surface area contributed by atoms with Gasteiger partial charge in [-0.25, -0.2) is 0 Å². The molecule has 3 aromatic rings. The Bertz CT molecular complexity index is 959. The molecule has 3 aromatic carbocycles. The topological polar surface area (TPSA) is 38.3 Å². The zero-order valence-electron chi connectivity index (χ0n) is 18.3. The number of carbonyl (C=O) groups is 1. The molecule has 0 aliphatic heterocycles. The van der Waals surface area contributed by atoms with Gasteiger partial charge in [-0.2, -0.15) is 0 Å². The van der Waals surface area contributed by atoms with Gasteiger partial charge in [0.25, 0.3) is 5.91 Å². The minimum absolute atomic E-state index is 0.116. The van der Waals surface area contributed by atoms with Gasteiger partial charge in [-0.1, -0.05) is 64.1 Å². The number of nitrogens with one attached hydrogen (secondary N) is 1. The van der Waals surface area contributed by atoms with E-state index in [0.29, 0.717) is 24.0 Å². The molecule has 30 heavy (non-hydrogen) atoms. The molecule has 0 saturated heterocycles. The smallest absolute Gasteiger partial charge is 0.255 e. The first-order valence-electron chi connectivity index (χ1n) is 10.7. The van der Waals surface area contributed by atoms with Crippen molar-refractivity contribution in [3.63, 3.8) is 0 Å². The van der Waals surface area contributed by atoms with Crippen molar-refractivity contribution < 1.29 is 9.53 Å². The van der Waals surface area contributed by atoms with Crippen LogP contribution in [0.4, 0.5) is 5.69 Å². The third kappa shape index (κ3) is 5.73. The Morgan fingerprint density at radius 2 is 1.57 bits per heavy atom. The van der Waals surface area contributed by atoms with Crippen molar-refractivity contribution in [2.24, 2.45) is 0 Å². The zero-order chi connectivity index (χ0) is 21.5. The second-order valence-corrected chi connectivity index (χ2v) is 8.10. The van der Waals surface area contributed by atoms with E-state index in [0.717, 1.165) is 23.4 Å². The van der Waals surface area contributed by atoms with E-state index >= 15 is 0 Å². The molecule has 0 radical (unpaired) electrons. The summed E-state index contributed by atoms with van der Waals surface area (Å²) in [6.45, 7) is 9.16. The van der Waals surface area contributed by atoms with Crippen molar-refractivity contribution >= 4 is 11.6 Å². The Hall–Kier alpha value is -3.07. The van der Waals surface area contributed by atoms with Gasteiger partial charge in [0, 0.05) is 11.3 Å². The molecule has 156 valence electrons. The number of carbonyl (C=O) groups excluding carboxylic acids is 1. The van der Waals surface area contributed by atoms with Gasteiger partial charge in [0.15, 0.2) is 0 Å². The summed E-state index contributed by atoms with van der Waals surface area (Å²) >= 11 is 0. The van der Waals surface area contributed by atoms with E-state index in [4.69, 9.17) is 4.74 Å². The Labute approximate surface area is 180 Å². The summed E-state index contributed by atoms with van der Waals surface area (Å²) in [5.41, 5.74) is 4.97. The van der Waals surface area contributed by atoms with Crippen LogP contribution in [0.5, 0.6) is 5.75 Å². The van der Waals surface area contributed by atoms with Crippen molar-refractivity contribution in [2.45, 2.75) is 52.6 Å². The van der Waals surface area contributed by atoms with E-state index in [1.165, 1.54) is 11.1 Å². The molecule has 0 bridgehead atoms. The zero-order valence-corrected chi connectivity index (χ0v) is 18.3. The van der Waals surface area contributed by atoms with Gasteiger partial charge < -0.3 is 10.1 Å². The van der Waals surface area contributed by atoms with Crippen molar-refractivity contribution in [2.75, 3.05) is 5.32 Å². The van der Waals surface area contributed by atoms with Gasteiger partial charge in [-0.15, -0.1) is 0 Å². The molecule has 3 heteroatoms. The van der Waals surface area contributed by atoms with Crippen LogP contribution in [0.15, 0.2) is 72.8 Å². The maximum atomic E-state index is 12.7. The maximum Gasteiger partial charge on any atom is 0.255 e. The number of benzene rings is 3. The molecular weight excluding hydrogens is 370 g/mol. The van der Waals surface area contributed by atoms with Crippen molar-refractivity contribution in [1.29, 1.82) is 0 Å². The average molecular weight is 402 g/mol. The lowest BCUT2D eigenvalue weighted by Gasteiger charge is -2.11. The van der Waals surface area contributed by atoms with E-state index in [-0.39, 0.29) is 5.91 Å². The van der Waals surface area contributed by atoms with Gasteiger partial charge in [0.2, 0.25) is 0 Å². The Balaban J connectivity index is 1.60. The van der Waals surface area contributed by atoms with Crippen LogP contribution in [-0.2, 0) is 6.61 Å². The third-order valence-corrected chi connectivity index (χ3v) is 5.49. The minimum Gasteiger partial charge on any atom is -0.489 e. The highest BCUT2D eigenvalue weighted by Gasteiger charge is 2.09. The number of hydrogen-bond acceptors (Lipinski definition) is 2. The molecule has 1 unspecified atom stereocenters. The Kier molecular flexibility index (Phi) is 7.29.